The van der Waals surface area contributed by atoms with Crippen LogP contribution in [0.4, 0.5) is 5.69 Å². The van der Waals surface area contributed by atoms with Gasteiger partial charge in [-0.05, 0) is 25.5 Å². The van der Waals surface area contributed by atoms with E-state index in [0.29, 0.717) is 12.0 Å². The Morgan fingerprint density at radius 2 is 2.13 bits per heavy atom. The van der Waals surface area contributed by atoms with E-state index < -0.39 is 5.66 Å². The number of carbonyl (C=O) groups is 1. The first-order valence-electron chi connectivity index (χ1n) is 4.99. The lowest BCUT2D eigenvalue weighted by molar-refractivity contribution is -0.121. The molecule has 0 aromatic heterocycles. The van der Waals surface area contributed by atoms with Crippen LogP contribution in [0.15, 0.2) is 24.3 Å². The second-order valence-electron chi connectivity index (χ2n) is 3.91. The van der Waals surface area contributed by atoms with Crippen LogP contribution < -0.4 is 5.32 Å². The quantitative estimate of drug-likeness (QED) is 0.691. The highest BCUT2D eigenvalue weighted by Gasteiger charge is 2.39. The van der Waals surface area contributed by atoms with Gasteiger partial charge in [0.1, 0.15) is 5.66 Å². The van der Waals surface area contributed by atoms with Crippen molar-refractivity contribution in [3.63, 3.8) is 0 Å². The Labute approximate surface area is 88.5 Å². The lowest BCUT2D eigenvalue weighted by Gasteiger charge is -2.41. The van der Waals surface area contributed by atoms with E-state index in [-0.39, 0.29) is 5.91 Å². The zero-order valence-electron chi connectivity index (χ0n) is 8.82. The molecule has 0 radical (unpaired) electrons. The van der Waals surface area contributed by atoms with Crippen LogP contribution in [-0.4, -0.2) is 21.8 Å². The number of rotatable bonds is 1. The van der Waals surface area contributed by atoms with E-state index in [1.165, 1.54) is 0 Å². The highest BCUT2D eigenvalue weighted by molar-refractivity contribution is 6.01. The van der Waals surface area contributed by atoms with Gasteiger partial charge in [-0.3, -0.25) is 10.0 Å². The fourth-order valence-electron chi connectivity index (χ4n) is 1.70. The Morgan fingerprint density at radius 3 is 2.80 bits per heavy atom. The predicted molar refractivity (Wildman–Crippen MR) is 56.7 cm³/mol. The van der Waals surface area contributed by atoms with Gasteiger partial charge in [0.25, 0.3) is 5.91 Å². The van der Waals surface area contributed by atoms with E-state index in [0.717, 1.165) is 10.8 Å². The summed E-state index contributed by atoms with van der Waals surface area (Å²) in [5.74, 6) is -0.353. The van der Waals surface area contributed by atoms with Crippen molar-refractivity contribution >= 4 is 11.6 Å². The Balaban J connectivity index is 2.50. The molecule has 15 heavy (non-hydrogen) atoms. The number of carbonyl (C=O) groups excluding carboxylic acids is 1. The molecule has 4 nitrogen and oxygen atoms in total. The smallest absolute Gasteiger partial charge is 0.281 e. The Bertz CT molecular complexity index is 405. The SMILES string of the molecule is CC[C@]1(C)Nc2ccccc2C(=O)N1O. The predicted octanol–water partition coefficient (Wildman–Crippen LogP) is 2.07. The largest absolute Gasteiger partial charge is 0.360 e. The topological polar surface area (TPSA) is 52.6 Å². The molecule has 2 N–H and O–H groups in total. The van der Waals surface area contributed by atoms with E-state index >= 15 is 0 Å². The number of hydrogen-bond donors (Lipinski definition) is 2. The van der Waals surface area contributed by atoms with Crippen molar-refractivity contribution in [3.05, 3.63) is 29.8 Å². The standard InChI is InChI=1S/C11H14N2O2/c1-3-11(2)12-9-7-5-4-6-8(9)10(14)13(11)15/h4-7,12,15H,3H2,1-2H3/t11-/m1/s1. The van der Waals surface area contributed by atoms with Crippen molar-refractivity contribution in [2.75, 3.05) is 5.32 Å². The fraction of sp³-hybridized carbons (Fsp3) is 0.364. The van der Waals surface area contributed by atoms with Crippen molar-refractivity contribution in [1.29, 1.82) is 0 Å². The summed E-state index contributed by atoms with van der Waals surface area (Å²) in [5, 5.41) is 13.7. The minimum absolute atomic E-state index is 0.353. The minimum atomic E-state index is -0.717. The molecule has 2 rings (SSSR count). The normalized spacial score (nSPS) is 24.7. The number of anilines is 1. The minimum Gasteiger partial charge on any atom is -0.360 e. The molecule has 1 heterocycles. The van der Waals surface area contributed by atoms with Crippen LogP contribution in [0.5, 0.6) is 0 Å². The molecule has 1 aromatic carbocycles. The van der Waals surface area contributed by atoms with Crippen molar-refractivity contribution in [2.24, 2.45) is 0 Å². The number of nitrogens with zero attached hydrogens (tertiary/aromatic N) is 1. The van der Waals surface area contributed by atoms with Gasteiger partial charge in [-0.2, -0.15) is 5.06 Å². The average molecular weight is 206 g/mol. The van der Waals surface area contributed by atoms with Crippen LogP contribution in [0.25, 0.3) is 0 Å². The molecule has 0 spiro atoms. The Morgan fingerprint density at radius 1 is 1.47 bits per heavy atom. The molecular formula is C11H14N2O2. The van der Waals surface area contributed by atoms with Gasteiger partial charge >= 0.3 is 0 Å². The third-order valence-electron chi connectivity index (χ3n) is 2.91. The number of hydrogen-bond acceptors (Lipinski definition) is 3. The molecule has 1 amide bonds. The van der Waals surface area contributed by atoms with Crippen LogP contribution >= 0.6 is 0 Å². The molecule has 0 saturated carbocycles. The van der Waals surface area contributed by atoms with Gasteiger partial charge in [-0.1, -0.05) is 19.1 Å². The van der Waals surface area contributed by atoms with Crippen molar-refractivity contribution in [3.8, 4) is 0 Å². The average Bonchev–Trinajstić information content (AvgIpc) is 2.26. The van der Waals surface area contributed by atoms with E-state index in [1.807, 2.05) is 19.1 Å². The lowest BCUT2D eigenvalue weighted by atomic mass is 10.0. The van der Waals surface area contributed by atoms with Crippen LogP contribution in [0, 0.1) is 0 Å². The zero-order chi connectivity index (χ0) is 11.1. The van der Waals surface area contributed by atoms with E-state index in [2.05, 4.69) is 5.32 Å². The van der Waals surface area contributed by atoms with Gasteiger partial charge in [0.2, 0.25) is 0 Å². The molecule has 0 saturated heterocycles. The van der Waals surface area contributed by atoms with Gasteiger partial charge in [0.15, 0.2) is 0 Å². The summed E-state index contributed by atoms with van der Waals surface area (Å²) in [6, 6.07) is 7.18. The second-order valence-corrected chi connectivity index (χ2v) is 3.91. The molecule has 1 atom stereocenters. The maximum Gasteiger partial charge on any atom is 0.281 e. The number of fused-ring (bicyclic) bond motifs is 1. The monoisotopic (exact) mass is 206 g/mol. The number of amides is 1. The fourth-order valence-corrected chi connectivity index (χ4v) is 1.70. The maximum absolute atomic E-state index is 11.8. The third-order valence-corrected chi connectivity index (χ3v) is 2.91. The van der Waals surface area contributed by atoms with Gasteiger partial charge in [-0.15, -0.1) is 0 Å². The third kappa shape index (κ3) is 1.37. The second kappa shape index (κ2) is 3.24. The van der Waals surface area contributed by atoms with Crippen LogP contribution in [-0.2, 0) is 0 Å². The van der Waals surface area contributed by atoms with Gasteiger partial charge < -0.3 is 5.32 Å². The van der Waals surface area contributed by atoms with Crippen LogP contribution in [0.3, 0.4) is 0 Å². The maximum atomic E-state index is 11.8. The number of para-hydroxylation sites is 1. The van der Waals surface area contributed by atoms with Gasteiger partial charge in [0, 0.05) is 5.69 Å². The molecule has 0 fully saturated rings. The highest BCUT2D eigenvalue weighted by Crippen LogP contribution is 2.31. The van der Waals surface area contributed by atoms with Crippen molar-refractivity contribution in [1.82, 2.24) is 5.06 Å². The van der Waals surface area contributed by atoms with Crippen molar-refractivity contribution in [2.45, 2.75) is 25.9 Å². The lowest BCUT2D eigenvalue weighted by Crippen LogP contribution is -2.56. The first-order chi connectivity index (χ1) is 7.08. The first kappa shape index (κ1) is 9.98. The summed E-state index contributed by atoms with van der Waals surface area (Å²) in [4.78, 5) is 11.8. The summed E-state index contributed by atoms with van der Waals surface area (Å²) >= 11 is 0. The molecule has 0 unspecified atom stereocenters. The highest BCUT2D eigenvalue weighted by atomic mass is 16.5. The Hall–Kier alpha value is -1.55. The number of benzene rings is 1. The molecule has 1 aliphatic heterocycles. The Kier molecular flexibility index (Phi) is 2.16. The van der Waals surface area contributed by atoms with Gasteiger partial charge in [0.05, 0.1) is 5.56 Å². The van der Waals surface area contributed by atoms with E-state index in [4.69, 9.17) is 0 Å². The molecule has 0 aliphatic carbocycles. The van der Waals surface area contributed by atoms with Crippen LogP contribution in [0.2, 0.25) is 0 Å². The summed E-state index contributed by atoms with van der Waals surface area (Å²) in [5.41, 5.74) is 0.564. The van der Waals surface area contributed by atoms with Crippen LogP contribution in [0.1, 0.15) is 30.6 Å². The molecule has 1 aromatic rings. The molecule has 1 aliphatic rings. The summed E-state index contributed by atoms with van der Waals surface area (Å²) in [6.45, 7) is 3.71. The van der Waals surface area contributed by atoms with Gasteiger partial charge in [-0.25, -0.2) is 0 Å². The summed E-state index contributed by atoms with van der Waals surface area (Å²) in [7, 11) is 0. The number of hydroxylamine groups is 2. The zero-order valence-corrected chi connectivity index (χ0v) is 8.82. The van der Waals surface area contributed by atoms with Crippen molar-refractivity contribution < 1.29 is 10.0 Å². The summed E-state index contributed by atoms with van der Waals surface area (Å²) < 4.78 is 0. The first-order valence-corrected chi connectivity index (χ1v) is 4.99. The summed E-state index contributed by atoms with van der Waals surface area (Å²) in [6.07, 6.45) is 0.629. The van der Waals surface area contributed by atoms with E-state index in [9.17, 15) is 10.0 Å². The number of nitrogens with one attached hydrogen (secondary N) is 1. The molecule has 0 bridgehead atoms. The van der Waals surface area contributed by atoms with E-state index in [1.54, 1.807) is 19.1 Å². The molecule has 4 heteroatoms. The molecule has 80 valence electrons. The molecular weight excluding hydrogens is 192 g/mol.